The normalized spacial score (nSPS) is 15.1. The van der Waals surface area contributed by atoms with Crippen LogP contribution < -0.4 is 15.0 Å². The van der Waals surface area contributed by atoms with Crippen molar-refractivity contribution in [3.05, 3.63) is 78.0 Å². The molecule has 1 aromatic heterocycles. The van der Waals surface area contributed by atoms with Crippen molar-refractivity contribution < 1.29 is 9.53 Å². The van der Waals surface area contributed by atoms with Gasteiger partial charge in [-0.15, -0.1) is 11.8 Å². The molecule has 4 aromatic rings. The second-order valence-electron chi connectivity index (χ2n) is 8.80. The van der Waals surface area contributed by atoms with Crippen LogP contribution in [0.5, 0.6) is 5.75 Å². The van der Waals surface area contributed by atoms with Gasteiger partial charge in [-0.1, -0.05) is 12.1 Å². The van der Waals surface area contributed by atoms with Crippen molar-refractivity contribution in [3.63, 3.8) is 0 Å². The van der Waals surface area contributed by atoms with Crippen molar-refractivity contribution in [1.82, 2.24) is 15.1 Å². The van der Waals surface area contributed by atoms with Gasteiger partial charge in [-0.05, 0) is 73.2 Å². The fraction of sp³-hybridized carbons (Fsp3) is 0.259. The van der Waals surface area contributed by atoms with Crippen LogP contribution in [0.3, 0.4) is 0 Å². The molecule has 0 radical (unpaired) electrons. The molecule has 2 aliphatic rings. The van der Waals surface area contributed by atoms with Gasteiger partial charge in [-0.3, -0.25) is 9.48 Å². The van der Waals surface area contributed by atoms with Crippen LogP contribution in [0, 0.1) is 0 Å². The Morgan fingerprint density at radius 1 is 1.12 bits per heavy atom. The number of rotatable bonds is 6. The molecule has 0 bridgehead atoms. The maximum atomic E-state index is 12.8. The summed E-state index contributed by atoms with van der Waals surface area (Å²) < 4.78 is 8.05. The monoisotopic (exact) mass is 470 g/mol. The van der Waals surface area contributed by atoms with Crippen LogP contribution in [-0.2, 0) is 6.54 Å². The summed E-state index contributed by atoms with van der Waals surface area (Å²) >= 11 is 1.71. The van der Waals surface area contributed by atoms with Crippen LogP contribution in [0.4, 0.5) is 11.4 Å². The summed E-state index contributed by atoms with van der Waals surface area (Å²) in [6, 6.07) is 20.9. The van der Waals surface area contributed by atoms with E-state index in [2.05, 4.69) is 57.7 Å². The van der Waals surface area contributed by atoms with E-state index in [1.165, 1.54) is 17.7 Å². The predicted octanol–water partition coefficient (Wildman–Crippen LogP) is 5.55. The van der Waals surface area contributed by atoms with Crippen molar-refractivity contribution in [2.24, 2.45) is 0 Å². The summed E-state index contributed by atoms with van der Waals surface area (Å²) in [7, 11) is 0. The van der Waals surface area contributed by atoms with Gasteiger partial charge in [0.15, 0.2) is 0 Å². The molecular weight excluding hydrogens is 444 g/mol. The lowest BCUT2D eigenvalue weighted by molar-refractivity contribution is 0.0950. The number of aromatic nitrogens is 2. The minimum absolute atomic E-state index is 0.105. The van der Waals surface area contributed by atoms with Crippen molar-refractivity contribution in [2.75, 3.05) is 24.3 Å². The Bertz CT molecular complexity index is 1360. The Hall–Kier alpha value is -3.45. The zero-order valence-corrected chi connectivity index (χ0v) is 19.8. The molecule has 172 valence electrons. The molecule has 0 atom stereocenters. The van der Waals surface area contributed by atoms with E-state index < -0.39 is 0 Å². The van der Waals surface area contributed by atoms with Gasteiger partial charge in [-0.25, -0.2) is 0 Å². The van der Waals surface area contributed by atoms with Gasteiger partial charge in [0.25, 0.3) is 5.91 Å². The van der Waals surface area contributed by atoms with Gasteiger partial charge in [0.05, 0.1) is 23.8 Å². The number of amides is 1. The number of nitrogens with zero attached hydrogens (tertiary/aromatic N) is 3. The number of thioether (sulfide) groups is 1. The highest BCUT2D eigenvalue weighted by atomic mass is 32.2. The molecule has 3 aromatic carbocycles. The molecule has 1 saturated carbocycles. The summed E-state index contributed by atoms with van der Waals surface area (Å²) in [5.41, 5.74) is 4.79. The van der Waals surface area contributed by atoms with E-state index in [4.69, 9.17) is 9.84 Å². The lowest BCUT2D eigenvalue weighted by Crippen LogP contribution is -2.29. The number of carbonyl (C=O) groups is 1. The molecule has 1 fully saturated rings. The first-order valence-corrected chi connectivity index (χ1v) is 12.8. The Kier molecular flexibility index (Phi) is 5.41. The first-order valence-electron chi connectivity index (χ1n) is 11.6. The van der Waals surface area contributed by atoms with E-state index in [1.54, 1.807) is 11.8 Å². The molecular formula is C27H26N4O2S. The lowest BCUT2D eigenvalue weighted by Gasteiger charge is -2.31. The topological polar surface area (TPSA) is 59.4 Å². The highest BCUT2D eigenvalue weighted by Crippen LogP contribution is 2.39. The summed E-state index contributed by atoms with van der Waals surface area (Å²) in [4.78, 5) is 16.3. The summed E-state index contributed by atoms with van der Waals surface area (Å²) in [6.45, 7) is 1.82. The number of anilines is 2. The number of fused-ring (bicyclic) bond motifs is 2. The van der Waals surface area contributed by atoms with E-state index >= 15 is 0 Å². The number of nitrogens with one attached hydrogen (secondary N) is 1. The summed E-state index contributed by atoms with van der Waals surface area (Å²) in [6.07, 6.45) is 6.65. The quantitative estimate of drug-likeness (QED) is 0.374. The third-order valence-electron chi connectivity index (χ3n) is 6.44. The van der Waals surface area contributed by atoms with E-state index in [0.29, 0.717) is 24.8 Å². The smallest absolute Gasteiger partial charge is 0.251 e. The molecule has 7 heteroatoms. The Balaban J connectivity index is 1.20. The second kappa shape index (κ2) is 8.72. The second-order valence-corrected chi connectivity index (χ2v) is 9.68. The SMILES string of the molecule is CSc1ccc(CNC(=O)c2ccc3c(c2)OCCN3c2ccc3nn(C4CC4)cc3c2)cc1. The number of carbonyl (C=O) groups excluding carboxylic acids is 1. The van der Waals surface area contributed by atoms with Crippen LogP contribution >= 0.6 is 11.8 Å². The van der Waals surface area contributed by atoms with E-state index in [1.807, 2.05) is 30.3 Å². The van der Waals surface area contributed by atoms with Crippen LogP contribution in [0.2, 0.25) is 0 Å². The average molecular weight is 471 g/mol. The van der Waals surface area contributed by atoms with E-state index in [9.17, 15) is 4.79 Å². The van der Waals surface area contributed by atoms with Gasteiger partial charge >= 0.3 is 0 Å². The average Bonchev–Trinajstić information content (AvgIpc) is 3.65. The third kappa shape index (κ3) is 4.12. The molecule has 34 heavy (non-hydrogen) atoms. The highest BCUT2D eigenvalue weighted by Gasteiger charge is 2.25. The van der Waals surface area contributed by atoms with Gasteiger partial charge in [0.1, 0.15) is 12.4 Å². The Morgan fingerprint density at radius 3 is 2.76 bits per heavy atom. The van der Waals surface area contributed by atoms with Crippen molar-refractivity contribution in [1.29, 1.82) is 0 Å². The largest absolute Gasteiger partial charge is 0.490 e. The van der Waals surface area contributed by atoms with Crippen LogP contribution in [-0.4, -0.2) is 35.1 Å². The Labute approximate surface area is 202 Å². The van der Waals surface area contributed by atoms with Crippen molar-refractivity contribution >= 4 is 39.9 Å². The fourth-order valence-corrected chi connectivity index (χ4v) is 4.79. The predicted molar refractivity (Wildman–Crippen MR) is 136 cm³/mol. The molecule has 1 aliphatic heterocycles. The Morgan fingerprint density at radius 2 is 1.97 bits per heavy atom. The minimum Gasteiger partial charge on any atom is -0.490 e. The number of ether oxygens (including phenoxy) is 1. The molecule has 6 nitrogen and oxygen atoms in total. The van der Waals surface area contributed by atoms with E-state index in [-0.39, 0.29) is 5.91 Å². The van der Waals surface area contributed by atoms with Gasteiger partial charge < -0.3 is 15.0 Å². The number of benzene rings is 3. The molecule has 0 spiro atoms. The zero-order valence-electron chi connectivity index (χ0n) is 19.0. The van der Waals surface area contributed by atoms with Gasteiger partial charge in [0, 0.05) is 34.3 Å². The van der Waals surface area contributed by atoms with E-state index in [0.717, 1.165) is 40.1 Å². The lowest BCUT2D eigenvalue weighted by atomic mass is 10.1. The van der Waals surface area contributed by atoms with Crippen molar-refractivity contribution in [2.45, 2.75) is 30.3 Å². The first kappa shape index (κ1) is 21.1. The molecule has 1 N–H and O–H groups in total. The van der Waals surface area contributed by atoms with Crippen molar-refractivity contribution in [3.8, 4) is 5.75 Å². The minimum atomic E-state index is -0.105. The highest BCUT2D eigenvalue weighted by molar-refractivity contribution is 7.98. The molecule has 2 heterocycles. The molecule has 0 unspecified atom stereocenters. The molecule has 1 amide bonds. The fourth-order valence-electron chi connectivity index (χ4n) is 4.38. The summed E-state index contributed by atoms with van der Waals surface area (Å²) in [5, 5.41) is 8.88. The van der Waals surface area contributed by atoms with Gasteiger partial charge in [-0.2, -0.15) is 5.10 Å². The van der Waals surface area contributed by atoms with Crippen LogP contribution in [0.15, 0.2) is 71.8 Å². The maximum Gasteiger partial charge on any atom is 0.251 e. The zero-order chi connectivity index (χ0) is 23.1. The summed E-state index contributed by atoms with van der Waals surface area (Å²) in [5.74, 6) is 0.628. The molecule has 6 rings (SSSR count). The standard InChI is InChI=1S/C27H26N4O2S/c1-34-23-8-2-18(3-9-23)16-28-27(32)19-4-11-25-26(15-19)33-13-12-30(25)22-7-10-24-20(14-22)17-31(29-24)21-5-6-21/h2-4,7-11,14-15,17,21H,5-6,12-13,16H2,1H3,(H,28,32). The molecule has 0 saturated heterocycles. The molecule has 1 aliphatic carbocycles. The van der Waals surface area contributed by atoms with Crippen LogP contribution in [0.25, 0.3) is 10.9 Å². The maximum absolute atomic E-state index is 12.8. The van der Waals surface area contributed by atoms with Gasteiger partial charge in [0.2, 0.25) is 0 Å². The first-order chi connectivity index (χ1) is 16.7. The third-order valence-corrected chi connectivity index (χ3v) is 7.18. The number of hydrogen-bond acceptors (Lipinski definition) is 5. The van der Waals surface area contributed by atoms with Crippen LogP contribution in [0.1, 0.15) is 34.8 Å². The number of hydrogen-bond donors (Lipinski definition) is 1.